The van der Waals surface area contributed by atoms with Crippen LogP contribution in [0.25, 0.3) is 0 Å². The van der Waals surface area contributed by atoms with E-state index in [1.165, 1.54) is 13.3 Å². The maximum absolute atomic E-state index is 12.5. The Labute approximate surface area is 153 Å². The Kier molecular flexibility index (Phi) is 5.69. The van der Waals surface area contributed by atoms with Crippen molar-refractivity contribution >= 4 is 23.2 Å². The molecular weight excluding hydrogens is 332 g/mol. The van der Waals surface area contributed by atoms with Crippen LogP contribution < -0.4 is 15.4 Å². The van der Waals surface area contributed by atoms with Gasteiger partial charge in [0.1, 0.15) is 5.75 Å². The Hall–Kier alpha value is -2.83. The molecule has 0 aliphatic heterocycles. The van der Waals surface area contributed by atoms with Crippen LogP contribution in [-0.4, -0.2) is 29.1 Å². The highest BCUT2D eigenvalue weighted by molar-refractivity contribution is 6.05. The minimum Gasteiger partial charge on any atom is -0.494 e. The first kappa shape index (κ1) is 19.5. The number of carbonyl (C=O) groups is 2. The van der Waals surface area contributed by atoms with Gasteiger partial charge < -0.3 is 15.4 Å². The predicted octanol–water partition coefficient (Wildman–Crippen LogP) is 3.78. The molecule has 0 unspecified atom stereocenters. The van der Waals surface area contributed by atoms with Crippen LogP contribution in [0.3, 0.4) is 0 Å². The highest BCUT2D eigenvalue weighted by Crippen LogP contribution is 2.30. The Morgan fingerprint density at radius 1 is 1.19 bits per heavy atom. The number of H-pyrrole nitrogens is 1. The van der Waals surface area contributed by atoms with Gasteiger partial charge >= 0.3 is 0 Å². The molecule has 0 atom stereocenters. The fraction of sp³-hybridized carbons (Fsp3) is 0.421. The maximum Gasteiger partial charge on any atom is 0.259 e. The van der Waals surface area contributed by atoms with Crippen molar-refractivity contribution in [3.8, 4) is 5.75 Å². The number of anilines is 2. The van der Waals surface area contributed by atoms with Crippen LogP contribution in [0.15, 0.2) is 24.4 Å². The number of hydrogen-bond acceptors (Lipinski definition) is 4. The van der Waals surface area contributed by atoms with E-state index in [-0.39, 0.29) is 17.7 Å². The molecule has 7 nitrogen and oxygen atoms in total. The lowest BCUT2D eigenvalue weighted by Gasteiger charge is -2.19. The van der Waals surface area contributed by atoms with Gasteiger partial charge in [-0.1, -0.05) is 34.6 Å². The monoisotopic (exact) mass is 358 g/mol. The van der Waals surface area contributed by atoms with E-state index in [2.05, 4.69) is 20.8 Å². The first-order valence-electron chi connectivity index (χ1n) is 8.47. The van der Waals surface area contributed by atoms with Gasteiger partial charge in [-0.3, -0.25) is 14.7 Å². The quantitative estimate of drug-likeness (QED) is 0.758. The van der Waals surface area contributed by atoms with Gasteiger partial charge in [0.15, 0.2) is 0 Å². The number of aromatic amines is 1. The van der Waals surface area contributed by atoms with E-state index in [9.17, 15) is 9.59 Å². The van der Waals surface area contributed by atoms with Gasteiger partial charge in [-0.25, -0.2) is 0 Å². The second-order valence-corrected chi connectivity index (χ2v) is 7.43. The molecule has 0 saturated heterocycles. The number of nitrogens with one attached hydrogen (secondary N) is 3. The Bertz CT molecular complexity index is 803. The molecule has 26 heavy (non-hydrogen) atoms. The van der Waals surface area contributed by atoms with E-state index in [4.69, 9.17) is 4.74 Å². The van der Waals surface area contributed by atoms with Crippen LogP contribution in [-0.2, 0) is 4.79 Å². The van der Waals surface area contributed by atoms with Crippen molar-refractivity contribution in [2.45, 2.75) is 40.5 Å². The normalized spacial score (nSPS) is 11.3. The zero-order valence-electron chi connectivity index (χ0n) is 16.1. The highest BCUT2D eigenvalue weighted by Gasteiger charge is 2.22. The lowest BCUT2D eigenvalue weighted by atomic mass is 9.95. The summed E-state index contributed by atoms with van der Waals surface area (Å²) >= 11 is 0. The first-order chi connectivity index (χ1) is 12.1. The number of ether oxygens (including phenoxy) is 1. The molecule has 0 radical (unpaired) electrons. The summed E-state index contributed by atoms with van der Waals surface area (Å²) in [7, 11) is 1.51. The number of methoxy groups -OCH3 is 1. The average Bonchev–Trinajstić information content (AvgIpc) is 3.05. The van der Waals surface area contributed by atoms with Gasteiger partial charge in [0.2, 0.25) is 5.91 Å². The van der Waals surface area contributed by atoms with E-state index in [1.54, 1.807) is 18.2 Å². The summed E-state index contributed by atoms with van der Waals surface area (Å²) in [5.74, 6) is 0.253. The number of amides is 2. The summed E-state index contributed by atoms with van der Waals surface area (Å²) in [5, 5.41) is 12.5. The molecular formula is C19H26N4O3. The van der Waals surface area contributed by atoms with Crippen LogP contribution in [0.5, 0.6) is 5.75 Å². The average molecular weight is 358 g/mol. The fourth-order valence-electron chi connectivity index (χ4n) is 2.30. The maximum atomic E-state index is 12.5. The molecule has 3 N–H and O–H groups in total. The smallest absolute Gasteiger partial charge is 0.259 e. The van der Waals surface area contributed by atoms with Crippen LogP contribution in [0.1, 0.15) is 56.6 Å². The molecule has 2 rings (SSSR count). The SMILES string of the molecule is COc1cc(NC(=O)c2cn[nH]c2C(C)C)ccc1NC(=O)C(C)(C)C. The third-order valence-corrected chi connectivity index (χ3v) is 3.88. The summed E-state index contributed by atoms with van der Waals surface area (Å²) in [5.41, 5.74) is 1.88. The minimum absolute atomic E-state index is 0.118. The number of rotatable bonds is 5. The van der Waals surface area contributed by atoms with Crippen molar-refractivity contribution in [3.05, 3.63) is 35.7 Å². The zero-order valence-corrected chi connectivity index (χ0v) is 16.1. The molecule has 0 fully saturated rings. The van der Waals surface area contributed by atoms with Crippen molar-refractivity contribution in [1.29, 1.82) is 0 Å². The van der Waals surface area contributed by atoms with E-state index in [0.29, 0.717) is 22.7 Å². The summed E-state index contributed by atoms with van der Waals surface area (Å²) in [6.45, 7) is 9.47. The molecule has 140 valence electrons. The summed E-state index contributed by atoms with van der Waals surface area (Å²) in [6.07, 6.45) is 1.51. The molecule has 0 bridgehead atoms. The van der Waals surface area contributed by atoms with Crippen LogP contribution >= 0.6 is 0 Å². The number of benzene rings is 1. The lowest BCUT2D eigenvalue weighted by molar-refractivity contribution is -0.123. The predicted molar refractivity (Wildman–Crippen MR) is 102 cm³/mol. The number of aromatic nitrogens is 2. The summed E-state index contributed by atoms with van der Waals surface area (Å²) in [4.78, 5) is 24.7. The van der Waals surface area contributed by atoms with Crippen molar-refractivity contribution < 1.29 is 14.3 Å². The van der Waals surface area contributed by atoms with Gasteiger partial charge in [-0.15, -0.1) is 0 Å². The zero-order chi connectivity index (χ0) is 19.5. The third-order valence-electron chi connectivity index (χ3n) is 3.88. The molecule has 7 heteroatoms. The second kappa shape index (κ2) is 7.59. The molecule has 0 spiro atoms. The number of nitrogens with zero attached hydrogens (tertiary/aromatic N) is 1. The van der Waals surface area contributed by atoms with Crippen LogP contribution in [0, 0.1) is 5.41 Å². The number of hydrogen-bond donors (Lipinski definition) is 3. The third kappa shape index (κ3) is 4.41. The first-order valence-corrected chi connectivity index (χ1v) is 8.47. The van der Waals surface area contributed by atoms with E-state index in [1.807, 2.05) is 34.6 Å². The second-order valence-electron chi connectivity index (χ2n) is 7.43. The molecule has 1 heterocycles. The van der Waals surface area contributed by atoms with Gasteiger partial charge in [0.05, 0.1) is 30.3 Å². The molecule has 2 aromatic rings. The van der Waals surface area contributed by atoms with Gasteiger partial charge in [-0.05, 0) is 18.1 Å². The minimum atomic E-state index is -0.521. The van der Waals surface area contributed by atoms with E-state index >= 15 is 0 Å². The number of carbonyl (C=O) groups excluding carboxylic acids is 2. The molecule has 1 aromatic carbocycles. The van der Waals surface area contributed by atoms with Crippen molar-refractivity contribution in [1.82, 2.24) is 10.2 Å². The Morgan fingerprint density at radius 3 is 2.46 bits per heavy atom. The fourth-order valence-corrected chi connectivity index (χ4v) is 2.30. The van der Waals surface area contributed by atoms with Crippen molar-refractivity contribution in [3.63, 3.8) is 0 Å². The van der Waals surface area contributed by atoms with Crippen LogP contribution in [0.4, 0.5) is 11.4 Å². The highest BCUT2D eigenvalue weighted by atomic mass is 16.5. The standard InChI is InChI=1S/C19H26N4O3/c1-11(2)16-13(10-20-23-16)17(24)21-12-7-8-14(15(9-12)26-6)22-18(25)19(3,4)5/h7-11H,1-6H3,(H,20,23)(H,21,24)(H,22,25). The molecule has 2 amide bonds. The van der Waals surface area contributed by atoms with Crippen LogP contribution in [0.2, 0.25) is 0 Å². The topological polar surface area (TPSA) is 96.1 Å². The van der Waals surface area contributed by atoms with E-state index < -0.39 is 5.41 Å². The van der Waals surface area contributed by atoms with Gasteiger partial charge in [0, 0.05) is 17.2 Å². The van der Waals surface area contributed by atoms with Gasteiger partial charge in [-0.2, -0.15) is 5.10 Å². The molecule has 0 aliphatic carbocycles. The lowest BCUT2D eigenvalue weighted by Crippen LogP contribution is -2.27. The molecule has 0 aliphatic rings. The Balaban J connectivity index is 2.20. The molecule has 1 aromatic heterocycles. The summed E-state index contributed by atoms with van der Waals surface area (Å²) in [6, 6.07) is 5.09. The Morgan fingerprint density at radius 2 is 1.88 bits per heavy atom. The van der Waals surface area contributed by atoms with Crippen molar-refractivity contribution in [2.75, 3.05) is 17.7 Å². The summed E-state index contributed by atoms with van der Waals surface area (Å²) < 4.78 is 5.35. The van der Waals surface area contributed by atoms with Crippen molar-refractivity contribution in [2.24, 2.45) is 5.41 Å². The largest absolute Gasteiger partial charge is 0.494 e. The van der Waals surface area contributed by atoms with Gasteiger partial charge in [0.25, 0.3) is 5.91 Å². The molecule has 0 saturated carbocycles. The van der Waals surface area contributed by atoms with E-state index in [0.717, 1.165) is 5.69 Å².